The van der Waals surface area contributed by atoms with E-state index in [1.54, 1.807) is 29.7 Å². The summed E-state index contributed by atoms with van der Waals surface area (Å²) in [6, 6.07) is 12.7. The lowest BCUT2D eigenvalue weighted by Gasteiger charge is -2.09. The van der Waals surface area contributed by atoms with Gasteiger partial charge in [-0.3, -0.25) is 14.4 Å². The fourth-order valence-electron chi connectivity index (χ4n) is 3.29. The number of hydrogen-bond donors (Lipinski definition) is 0. The number of imidazole rings is 1. The minimum Gasteiger partial charge on any atom is -0.465 e. The lowest BCUT2D eigenvalue weighted by molar-refractivity contribution is -0.144. The van der Waals surface area contributed by atoms with Crippen molar-refractivity contribution in [2.75, 3.05) is 6.61 Å². The van der Waals surface area contributed by atoms with E-state index >= 15 is 0 Å². The molecule has 0 unspecified atom stereocenters. The normalized spacial score (nSPS) is 11.3. The molecule has 4 rings (SSSR count). The molecule has 0 N–H and O–H groups in total. The molecule has 2 aromatic heterocycles. The Bertz CT molecular complexity index is 1410. The number of carbonyl (C=O) groups is 1. The predicted molar refractivity (Wildman–Crippen MR) is 116 cm³/mol. The second-order valence-electron chi connectivity index (χ2n) is 6.52. The minimum absolute atomic E-state index is 0.164. The average Bonchev–Trinajstić information content (AvgIpc) is 3.01. The second kappa shape index (κ2) is 8.08. The monoisotopic (exact) mass is 490 g/mol. The van der Waals surface area contributed by atoms with Crippen LogP contribution in [0.15, 0.2) is 56.5 Å². The number of hydrogen-bond acceptors (Lipinski definition) is 5. The molecule has 0 saturated heterocycles. The van der Waals surface area contributed by atoms with Crippen molar-refractivity contribution in [3.8, 4) is 0 Å². The van der Waals surface area contributed by atoms with E-state index in [0.29, 0.717) is 22.6 Å². The topological polar surface area (TPSA) is 87.6 Å². The van der Waals surface area contributed by atoms with E-state index in [9.17, 15) is 14.4 Å². The van der Waals surface area contributed by atoms with E-state index in [0.717, 1.165) is 14.7 Å². The van der Waals surface area contributed by atoms with Gasteiger partial charge in [-0.1, -0.05) is 45.7 Å². The number of fused-ring (bicyclic) bond motifs is 3. The van der Waals surface area contributed by atoms with E-state index in [1.807, 2.05) is 24.3 Å². The van der Waals surface area contributed by atoms with Crippen molar-refractivity contribution >= 4 is 50.3 Å². The molecular weight excluding hydrogens is 476 g/mol. The van der Waals surface area contributed by atoms with Gasteiger partial charge in [0.25, 0.3) is 0 Å². The van der Waals surface area contributed by atoms with E-state index in [4.69, 9.17) is 16.3 Å². The van der Waals surface area contributed by atoms with Gasteiger partial charge in [-0.2, -0.15) is 0 Å². The van der Waals surface area contributed by atoms with E-state index < -0.39 is 23.6 Å². The van der Waals surface area contributed by atoms with Gasteiger partial charge in [0.15, 0.2) is 0 Å². The Morgan fingerprint density at radius 1 is 1.13 bits per heavy atom. The van der Waals surface area contributed by atoms with E-state index in [1.165, 1.54) is 4.40 Å². The summed E-state index contributed by atoms with van der Waals surface area (Å²) >= 11 is 9.78. The highest BCUT2D eigenvalue weighted by atomic mass is 79.9. The molecule has 0 radical (unpaired) electrons. The quantitative estimate of drug-likeness (QED) is 0.316. The highest BCUT2D eigenvalue weighted by molar-refractivity contribution is 9.10. The van der Waals surface area contributed by atoms with Crippen molar-refractivity contribution in [3.05, 3.63) is 78.2 Å². The number of ether oxygens (including phenoxy) is 1. The standard InChI is InChI=1S/C20H16BrClN4O4/c1-2-30-17(27)11-25-18(28)19(29)26-16-6-4-3-5-15(16)24(20(26)23-25)10-12-7-8-13(21)9-14(12)22/h3-9H,2,10-11H2,1H3. The highest BCUT2D eigenvalue weighted by Gasteiger charge is 2.19. The van der Waals surface area contributed by atoms with Crippen molar-refractivity contribution in [1.82, 2.24) is 18.7 Å². The first-order valence-electron chi connectivity index (χ1n) is 9.11. The predicted octanol–water partition coefficient (Wildman–Crippen LogP) is 2.84. The lowest BCUT2D eigenvalue weighted by Crippen LogP contribution is -2.42. The molecule has 0 atom stereocenters. The van der Waals surface area contributed by atoms with Gasteiger partial charge in [0.2, 0.25) is 5.78 Å². The van der Waals surface area contributed by atoms with Crippen LogP contribution in [-0.4, -0.2) is 31.3 Å². The Morgan fingerprint density at radius 3 is 2.57 bits per heavy atom. The molecule has 2 aromatic carbocycles. The first kappa shape index (κ1) is 20.4. The molecule has 2 heterocycles. The zero-order valence-electron chi connectivity index (χ0n) is 15.8. The first-order chi connectivity index (χ1) is 14.4. The van der Waals surface area contributed by atoms with Crippen molar-refractivity contribution in [1.29, 1.82) is 0 Å². The van der Waals surface area contributed by atoms with Crippen molar-refractivity contribution in [2.24, 2.45) is 0 Å². The van der Waals surface area contributed by atoms with Gasteiger partial charge in [0.1, 0.15) is 6.54 Å². The number of halogens is 2. The fourth-order valence-corrected chi connectivity index (χ4v) is 4.02. The maximum atomic E-state index is 12.9. The van der Waals surface area contributed by atoms with Crippen LogP contribution in [0.2, 0.25) is 5.02 Å². The van der Waals surface area contributed by atoms with Crippen LogP contribution in [0, 0.1) is 0 Å². The number of nitrogens with zero attached hydrogens (tertiary/aromatic N) is 4. The Labute approximate surface area is 183 Å². The Morgan fingerprint density at radius 2 is 1.87 bits per heavy atom. The number of aromatic nitrogens is 4. The van der Waals surface area contributed by atoms with Crippen LogP contribution in [-0.2, 0) is 22.6 Å². The molecule has 4 aromatic rings. The van der Waals surface area contributed by atoms with Gasteiger partial charge in [-0.25, -0.2) is 9.08 Å². The largest absolute Gasteiger partial charge is 0.465 e. The van der Waals surface area contributed by atoms with Crippen LogP contribution >= 0.6 is 27.5 Å². The van der Waals surface area contributed by atoms with Crippen LogP contribution in [0.1, 0.15) is 12.5 Å². The highest BCUT2D eigenvalue weighted by Crippen LogP contribution is 2.25. The number of rotatable bonds is 5. The third kappa shape index (κ3) is 3.54. The molecule has 10 heteroatoms. The number of carbonyl (C=O) groups excluding carboxylic acids is 1. The second-order valence-corrected chi connectivity index (χ2v) is 7.84. The van der Waals surface area contributed by atoms with Gasteiger partial charge >= 0.3 is 17.1 Å². The van der Waals surface area contributed by atoms with Gasteiger partial charge in [0.05, 0.1) is 24.2 Å². The Hall–Kier alpha value is -2.91. The zero-order valence-corrected chi connectivity index (χ0v) is 18.2. The number of esters is 1. The molecule has 30 heavy (non-hydrogen) atoms. The maximum absolute atomic E-state index is 12.9. The van der Waals surface area contributed by atoms with E-state index in [-0.39, 0.29) is 12.4 Å². The summed E-state index contributed by atoms with van der Waals surface area (Å²) in [4.78, 5) is 37.3. The van der Waals surface area contributed by atoms with Gasteiger partial charge in [0, 0.05) is 9.50 Å². The molecule has 0 aliphatic heterocycles. The summed E-state index contributed by atoms with van der Waals surface area (Å²) in [5, 5.41) is 4.86. The van der Waals surface area contributed by atoms with Gasteiger partial charge in [-0.05, 0) is 36.8 Å². The van der Waals surface area contributed by atoms with Crippen molar-refractivity contribution in [2.45, 2.75) is 20.0 Å². The summed E-state index contributed by atoms with van der Waals surface area (Å²) in [5.41, 5.74) is 0.361. The molecular formula is C20H16BrClN4O4. The Balaban J connectivity index is 1.97. The molecule has 0 spiro atoms. The Kier molecular flexibility index (Phi) is 5.48. The van der Waals surface area contributed by atoms with Crippen LogP contribution in [0.5, 0.6) is 0 Å². The molecule has 0 aliphatic carbocycles. The average molecular weight is 492 g/mol. The van der Waals surface area contributed by atoms with Crippen LogP contribution < -0.4 is 11.1 Å². The molecule has 0 amide bonds. The number of benzene rings is 2. The van der Waals surface area contributed by atoms with Gasteiger partial charge < -0.3 is 9.30 Å². The summed E-state index contributed by atoms with van der Waals surface area (Å²) in [6.07, 6.45) is 0. The van der Waals surface area contributed by atoms with Crippen LogP contribution in [0.25, 0.3) is 16.8 Å². The van der Waals surface area contributed by atoms with Gasteiger partial charge in [-0.15, -0.1) is 5.10 Å². The van der Waals surface area contributed by atoms with E-state index in [2.05, 4.69) is 21.0 Å². The lowest BCUT2D eigenvalue weighted by atomic mass is 10.2. The maximum Gasteiger partial charge on any atom is 0.333 e. The molecule has 0 aliphatic rings. The first-order valence-corrected chi connectivity index (χ1v) is 10.3. The zero-order chi connectivity index (χ0) is 21.4. The smallest absolute Gasteiger partial charge is 0.333 e. The molecule has 0 saturated carbocycles. The third-order valence-corrected chi connectivity index (χ3v) is 5.46. The SMILES string of the molecule is CCOC(=O)Cn1nc2n(Cc3ccc(Br)cc3Cl)c3ccccc3n2c(=O)c1=O. The molecule has 8 nitrogen and oxygen atoms in total. The summed E-state index contributed by atoms with van der Waals surface area (Å²) in [5.74, 6) is -0.418. The number of para-hydroxylation sites is 2. The van der Waals surface area contributed by atoms with Crippen LogP contribution in [0.4, 0.5) is 0 Å². The summed E-state index contributed by atoms with van der Waals surface area (Å²) in [7, 11) is 0. The fraction of sp³-hybridized carbons (Fsp3) is 0.200. The molecule has 154 valence electrons. The van der Waals surface area contributed by atoms with Crippen molar-refractivity contribution in [3.63, 3.8) is 0 Å². The van der Waals surface area contributed by atoms with Crippen LogP contribution in [0.3, 0.4) is 0 Å². The molecule has 0 bridgehead atoms. The summed E-state index contributed by atoms with van der Waals surface area (Å²) in [6.45, 7) is 1.69. The minimum atomic E-state index is -0.898. The summed E-state index contributed by atoms with van der Waals surface area (Å²) < 4.78 is 9.61. The molecule has 0 fully saturated rings. The van der Waals surface area contributed by atoms with Crippen molar-refractivity contribution < 1.29 is 9.53 Å². The third-order valence-electron chi connectivity index (χ3n) is 4.61.